The fourth-order valence-electron chi connectivity index (χ4n) is 4.11. The minimum Gasteiger partial charge on any atom is -0.454 e. The molecule has 1 aliphatic rings. The molecule has 1 fully saturated rings. The van der Waals surface area contributed by atoms with Crippen molar-refractivity contribution in [3.8, 4) is 11.5 Å². The lowest BCUT2D eigenvalue weighted by molar-refractivity contribution is -0.138. The SMILES string of the molecule is Cl.NC[C@H]1CN(c2c(NC(=O)c3ccn(CC(F)F)n3)ccc(Oc3ccccc3F)c2C(F)(F)F)CCN1. The average molecular weight is 579 g/mol. The number of hydrogen-bond acceptors (Lipinski definition) is 6. The molecule has 0 aliphatic carbocycles. The van der Waals surface area contributed by atoms with Gasteiger partial charge in [0.15, 0.2) is 17.3 Å². The number of carbonyl (C=O) groups excluding carboxylic acids is 1. The zero-order chi connectivity index (χ0) is 27.4. The molecule has 3 aromatic rings. The Morgan fingerprint density at radius 1 is 1.18 bits per heavy atom. The number of rotatable bonds is 8. The number of nitrogens with one attached hydrogen (secondary N) is 2. The molecule has 4 rings (SSSR count). The maximum absolute atomic E-state index is 14.6. The molecule has 1 amide bonds. The van der Waals surface area contributed by atoms with E-state index in [4.69, 9.17) is 10.5 Å². The molecule has 1 aliphatic heterocycles. The van der Waals surface area contributed by atoms with Gasteiger partial charge in [0.2, 0.25) is 0 Å². The van der Waals surface area contributed by atoms with Crippen molar-refractivity contribution >= 4 is 29.7 Å². The van der Waals surface area contributed by atoms with Gasteiger partial charge in [0.25, 0.3) is 12.3 Å². The van der Waals surface area contributed by atoms with Crippen LogP contribution >= 0.6 is 12.4 Å². The summed E-state index contributed by atoms with van der Waals surface area (Å²) in [4.78, 5) is 14.3. The number of ether oxygens (including phenoxy) is 1. The van der Waals surface area contributed by atoms with Crippen LogP contribution in [0.2, 0.25) is 0 Å². The number of alkyl halides is 5. The van der Waals surface area contributed by atoms with Crippen LogP contribution in [0.4, 0.5) is 37.7 Å². The lowest BCUT2D eigenvalue weighted by Gasteiger charge is -2.37. The van der Waals surface area contributed by atoms with E-state index in [0.717, 1.165) is 23.0 Å². The molecule has 39 heavy (non-hydrogen) atoms. The van der Waals surface area contributed by atoms with Crippen LogP contribution in [0.1, 0.15) is 16.1 Å². The predicted octanol–water partition coefficient (Wildman–Crippen LogP) is 4.51. The Morgan fingerprint density at radius 2 is 1.92 bits per heavy atom. The van der Waals surface area contributed by atoms with Crippen molar-refractivity contribution in [1.29, 1.82) is 0 Å². The molecule has 0 radical (unpaired) electrons. The van der Waals surface area contributed by atoms with Gasteiger partial charge in [-0.25, -0.2) is 13.2 Å². The second kappa shape index (κ2) is 12.6. The van der Waals surface area contributed by atoms with Crippen LogP contribution < -0.4 is 26.0 Å². The minimum atomic E-state index is -4.97. The Labute approximate surface area is 225 Å². The lowest BCUT2D eigenvalue weighted by Crippen LogP contribution is -2.54. The van der Waals surface area contributed by atoms with E-state index in [2.05, 4.69) is 15.7 Å². The number of nitrogens with two attached hydrogens (primary N) is 1. The lowest BCUT2D eigenvalue weighted by atomic mass is 10.0. The van der Waals surface area contributed by atoms with Gasteiger partial charge in [-0.05, 0) is 30.3 Å². The van der Waals surface area contributed by atoms with E-state index in [0.29, 0.717) is 6.54 Å². The molecular formula is C24H25ClF6N6O2. The highest BCUT2D eigenvalue weighted by atomic mass is 35.5. The number of aromatic nitrogens is 2. The van der Waals surface area contributed by atoms with Gasteiger partial charge in [-0.3, -0.25) is 9.48 Å². The number of nitrogens with zero attached hydrogens (tertiary/aromatic N) is 3. The first-order valence-corrected chi connectivity index (χ1v) is 11.5. The zero-order valence-electron chi connectivity index (χ0n) is 20.2. The van der Waals surface area contributed by atoms with Gasteiger partial charge in [-0.2, -0.15) is 18.3 Å². The summed E-state index contributed by atoms with van der Waals surface area (Å²) in [5.41, 5.74) is 3.63. The van der Waals surface area contributed by atoms with Gasteiger partial charge in [0.05, 0.1) is 11.4 Å². The summed E-state index contributed by atoms with van der Waals surface area (Å²) < 4.78 is 89.5. The highest BCUT2D eigenvalue weighted by Crippen LogP contribution is 2.48. The summed E-state index contributed by atoms with van der Waals surface area (Å²) in [5.74, 6) is -2.84. The molecule has 4 N–H and O–H groups in total. The van der Waals surface area contributed by atoms with E-state index in [1.807, 2.05) is 0 Å². The fraction of sp³-hybridized carbons (Fsp3) is 0.333. The van der Waals surface area contributed by atoms with Crippen LogP contribution in [-0.4, -0.2) is 54.3 Å². The summed E-state index contributed by atoms with van der Waals surface area (Å²) in [7, 11) is 0. The molecule has 2 heterocycles. The molecule has 0 unspecified atom stereocenters. The van der Waals surface area contributed by atoms with E-state index in [9.17, 15) is 31.1 Å². The molecule has 1 saturated heterocycles. The number of piperazine rings is 1. The number of benzene rings is 2. The number of halogens is 7. The summed E-state index contributed by atoms with van der Waals surface area (Å²) >= 11 is 0. The van der Waals surface area contributed by atoms with Crippen LogP contribution in [0.25, 0.3) is 0 Å². The molecule has 0 spiro atoms. The number of carbonyl (C=O) groups is 1. The summed E-state index contributed by atoms with van der Waals surface area (Å²) in [6.07, 6.45) is -6.52. The summed E-state index contributed by atoms with van der Waals surface area (Å²) in [6, 6.07) is 8.04. The standard InChI is InChI=1S/C24H24F6N6O2.ClH/c25-15-3-1-2-4-18(15)38-19-6-5-16(33-23(37)17-7-9-36(34-17)13-20(26)27)22(21(19)24(28,29)30)35-10-8-32-14(11-31)12-35;/h1-7,9,14,20,32H,8,10-13,31H2,(H,33,37);1H/t14-;/m0./s1. The van der Waals surface area contributed by atoms with E-state index < -0.39 is 53.6 Å². The molecular weight excluding hydrogens is 554 g/mol. The van der Waals surface area contributed by atoms with Crippen molar-refractivity contribution in [2.45, 2.75) is 25.2 Å². The zero-order valence-corrected chi connectivity index (χ0v) is 21.0. The molecule has 0 bridgehead atoms. The van der Waals surface area contributed by atoms with E-state index in [1.54, 1.807) is 0 Å². The van der Waals surface area contributed by atoms with Crippen LogP contribution in [0.3, 0.4) is 0 Å². The van der Waals surface area contributed by atoms with Crippen molar-refractivity contribution in [3.05, 3.63) is 65.7 Å². The maximum Gasteiger partial charge on any atom is 0.422 e. The van der Waals surface area contributed by atoms with Crippen molar-refractivity contribution < 1.29 is 35.9 Å². The third kappa shape index (κ3) is 7.13. The van der Waals surface area contributed by atoms with Crippen molar-refractivity contribution in [3.63, 3.8) is 0 Å². The Balaban J connectivity index is 0.00000420. The fourth-order valence-corrected chi connectivity index (χ4v) is 4.11. The first-order valence-electron chi connectivity index (χ1n) is 11.5. The molecule has 0 saturated carbocycles. The molecule has 2 aromatic carbocycles. The topological polar surface area (TPSA) is 97.4 Å². The molecule has 15 heteroatoms. The number of amides is 1. The second-order valence-electron chi connectivity index (χ2n) is 8.47. The Hall–Kier alpha value is -3.49. The van der Waals surface area contributed by atoms with Crippen LogP contribution in [0.15, 0.2) is 48.7 Å². The third-order valence-corrected chi connectivity index (χ3v) is 5.78. The highest BCUT2D eigenvalue weighted by molar-refractivity contribution is 6.05. The average Bonchev–Trinajstić information content (AvgIpc) is 3.33. The first-order chi connectivity index (χ1) is 18.1. The number of anilines is 2. The van der Waals surface area contributed by atoms with Crippen LogP contribution in [0, 0.1) is 5.82 Å². The van der Waals surface area contributed by atoms with Crippen LogP contribution in [-0.2, 0) is 12.7 Å². The number of hydrogen-bond donors (Lipinski definition) is 3. The largest absolute Gasteiger partial charge is 0.454 e. The summed E-state index contributed by atoms with van der Waals surface area (Å²) in [6.45, 7) is -0.0845. The monoisotopic (exact) mass is 578 g/mol. The van der Waals surface area contributed by atoms with Crippen molar-refractivity contribution in [2.24, 2.45) is 5.73 Å². The Bertz CT molecular complexity index is 1290. The Kier molecular flexibility index (Phi) is 9.69. The highest BCUT2D eigenvalue weighted by Gasteiger charge is 2.41. The third-order valence-electron chi connectivity index (χ3n) is 5.78. The van der Waals surface area contributed by atoms with Crippen molar-refractivity contribution in [1.82, 2.24) is 15.1 Å². The Morgan fingerprint density at radius 3 is 2.59 bits per heavy atom. The maximum atomic E-state index is 14.6. The van der Waals surface area contributed by atoms with Crippen molar-refractivity contribution in [2.75, 3.05) is 36.4 Å². The van der Waals surface area contributed by atoms with Gasteiger partial charge in [0, 0.05) is 38.4 Å². The number of para-hydroxylation sites is 1. The van der Waals surface area contributed by atoms with E-state index in [1.165, 1.54) is 35.2 Å². The van der Waals surface area contributed by atoms with Gasteiger partial charge in [0.1, 0.15) is 17.9 Å². The molecule has 1 atom stereocenters. The van der Waals surface area contributed by atoms with Gasteiger partial charge in [-0.1, -0.05) is 12.1 Å². The van der Waals surface area contributed by atoms with E-state index in [-0.39, 0.29) is 49.5 Å². The molecule has 212 valence electrons. The normalized spacial score (nSPS) is 15.7. The quantitative estimate of drug-likeness (QED) is 0.341. The predicted molar refractivity (Wildman–Crippen MR) is 134 cm³/mol. The smallest absolute Gasteiger partial charge is 0.422 e. The summed E-state index contributed by atoms with van der Waals surface area (Å²) in [5, 5.41) is 9.28. The van der Waals surface area contributed by atoms with E-state index >= 15 is 0 Å². The van der Waals surface area contributed by atoms with Crippen LogP contribution in [0.5, 0.6) is 11.5 Å². The van der Waals surface area contributed by atoms with Gasteiger partial charge in [-0.15, -0.1) is 12.4 Å². The first kappa shape index (κ1) is 30.1. The minimum absolute atomic E-state index is 0. The molecule has 8 nitrogen and oxygen atoms in total. The molecule has 1 aromatic heterocycles. The van der Waals surface area contributed by atoms with Gasteiger partial charge >= 0.3 is 6.18 Å². The van der Waals surface area contributed by atoms with Gasteiger partial charge < -0.3 is 26.0 Å². The second-order valence-corrected chi connectivity index (χ2v) is 8.47.